The Hall–Kier alpha value is -1.50. The normalized spacial score (nSPS) is 12.1. The van der Waals surface area contributed by atoms with Crippen LogP contribution in [0.1, 0.15) is 16.1 Å². The van der Waals surface area contributed by atoms with E-state index in [1.165, 1.54) is 13.1 Å². The fraction of sp³-hybridized carbons (Fsp3) is 0.444. The number of hydrogen-bond donors (Lipinski definition) is 1. The average molecular weight is 237 g/mol. The van der Waals surface area contributed by atoms with Gasteiger partial charge in [0.25, 0.3) is 0 Å². The van der Waals surface area contributed by atoms with Gasteiger partial charge in [-0.05, 0) is 13.1 Å². The molecule has 4 nitrogen and oxygen atoms in total. The maximum absolute atomic E-state index is 12.0. The van der Waals surface area contributed by atoms with Crippen LogP contribution in [0.3, 0.4) is 0 Å². The van der Waals surface area contributed by atoms with Crippen LogP contribution in [0, 0.1) is 0 Å². The molecule has 0 fully saturated rings. The van der Waals surface area contributed by atoms with Gasteiger partial charge in [-0.15, -0.1) is 0 Å². The van der Waals surface area contributed by atoms with E-state index < -0.39 is 18.7 Å². The highest BCUT2D eigenvalue weighted by Crippen LogP contribution is 2.18. The first-order valence-electron chi connectivity index (χ1n) is 4.34. The average Bonchev–Trinajstić information content (AvgIpc) is 2.47. The summed E-state index contributed by atoms with van der Waals surface area (Å²) in [6, 6.07) is 1.21. The molecule has 0 radical (unpaired) electrons. The smallest absolute Gasteiger partial charge is 0.401 e. The number of carboxylic acids is 1. The minimum absolute atomic E-state index is 0.0132. The molecule has 90 valence electrons. The molecule has 0 bridgehead atoms. The molecule has 1 rings (SSSR count). The Kier molecular flexibility index (Phi) is 3.58. The second kappa shape index (κ2) is 4.56. The summed E-state index contributed by atoms with van der Waals surface area (Å²) < 4.78 is 40.8. The molecule has 0 unspecified atom stereocenters. The van der Waals surface area contributed by atoms with Gasteiger partial charge in [-0.1, -0.05) is 0 Å². The summed E-state index contributed by atoms with van der Waals surface area (Å²) in [5, 5.41) is 8.70. The van der Waals surface area contributed by atoms with Crippen molar-refractivity contribution in [1.82, 2.24) is 4.90 Å². The predicted molar refractivity (Wildman–Crippen MR) is 48.1 cm³/mol. The van der Waals surface area contributed by atoms with Crippen molar-refractivity contribution in [2.75, 3.05) is 13.6 Å². The highest BCUT2D eigenvalue weighted by Gasteiger charge is 2.30. The van der Waals surface area contributed by atoms with Crippen LogP contribution in [0.2, 0.25) is 0 Å². The van der Waals surface area contributed by atoms with E-state index in [1.54, 1.807) is 0 Å². The van der Waals surface area contributed by atoms with E-state index in [-0.39, 0.29) is 17.9 Å². The van der Waals surface area contributed by atoms with Crippen LogP contribution < -0.4 is 0 Å². The lowest BCUT2D eigenvalue weighted by molar-refractivity contribution is -0.144. The van der Waals surface area contributed by atoms with Gasteiger partial charge in [0.1, 0.15) is 11.3 Å². The quantitative estimate of drug-likeness (QED) is 0.869. The van der Waals surface area contributed by atoms with Crippen LogP contribution in [0.4, 0.5) is 13.2 Å². The van der Waals surface area contributed by atoms with Crippen LogP contribution in [0.25, 0.3) is 0 Å². The molecule has 0 aliphatic carbocycles. The maximum Gasteiger partial charge on any atom is 0.401 e. The molecule has 1 aromatic heterocycles. The summed E-state index contributed by atoms with van der Waals surface area (Å²) >= 11 is 0. The molecular weight excluding hydrogens is 227 g/mol. The predicted octanol–water partition coefficient (Wildman–Crippen LogP) is 1.97. The maximum atomic E-state index is 12.0. The monoisotopic (exact) mass is 237 g/mol. The van der Waals surface area contributed by atoms with Gasteiger partial charge in [0, 0.05) is 0 Å². The van der Waals surface area contributed by atoms with Crippen LogP contribution in [-0.2, 0) is 6.54 Å². The van der Waals surface area contributed by atoms with Crippen molar-refractivity contribution >= 4 is 5.97 Å². The van der Waals surface area contributed by atoms with Crippen molar-refractivity contribution in [2.45, 2.75) is 12.7 Å². The number of halogens is 3. The second-order valence-corrected chi connectivity index (χ2v) is 3.35. The van der Waals surface area contributed by atoms with Crippen LogP contribution in [-0.4, -0.2) is 35.7 Å². The molecule has 0 aromatic carbocycles. The van der Waals surface area contributed by atoms with Crippen LogP contribution >= 0.6 is 0 Å². The third-order valence-corrected chi connectivity index (χ3v) is 1.84. The van der Waals surface area contributed by atoms with Gasteiger partial charge in [-0.3, -0.25) is 4.90 Å². The largest absolute Gasteiger partial charge is 0.478 e. The van der Waals surface area contributed by atoms with Gasteiger partial charge in [-0.2, -0.15) is 13.2 Å². The van der Waals surface area contributed by atoms with Crippen LogP contribution in [0.5, 0.6) is 0 Å². The zero-order valence-corrected chi connectivity index (χ0v) is 8.41. The first-order chi connectivity index (χ1) is 7.29. The van der Waals surface area contributed by atoms with Gasteiger partial charge in [0.15, 0.2) is 0 Å². The molecule has 1 aromatic rings. The molecule has 0 amide bonds. The van der Waals surface area contributed by atoms with E-state index in [4.69, 9.17) is 9.52 Å². The lowest BCUT2D eigenvalue weighted by Gasteiger charge is -2.17. The minimum Gasteiger partial charge on any atom is -0.478 e. The lowest BCUT2D eigenvalue weighted by Crippen LogP contribution is -2.30. The Labute approximate surface area is 89.3 Å². The molecule has 16 heavy (non-hydrogen) atoms. The Morgan fingerprint density at radius 1 is 1.56 bits per heavy atom. The number of carboxylic acid groups (broad SMARTS) is 1. The molecule has 0 atom stereocenters. The highest BCUT2D eigenvalue weighted by atomic mass is 19.4. The van der Waals surface area contributed by atoms with E-state index >= 15 is 0 Å². The topological polar surface area (TPSA) is 53.7 Å². The van der Waals surface area contributed by atoms with E-state index in [0.29, 0.717) is 0 Å². The summed E-state index contributed by atoms with van der Waals surface area (Å²) in [4.78, 5) is 11.6. The summed E-state index contributed by atoms with van der Waals surface area (Å²) in [6.07, 6.45) is -3.18. The zero-order valence-electron chi connectivity index (χ0n) is 8.41. The summed E-state index contributed by atoms with van der Waals surface area (Å²) in [7, 11) is 1.24. The van der Waals surface area contributed by atoms with Crippen molar-refractivity contribution in [2.24, 2.45) is 0 Å². The fourth-order valence-electron chi connectivity index (χ4n) is 1.26. The molecule has 0 aliphatic rings. The number of hydrogen-bond acceptors (Lipinski definition) is 3. The van der Waals surface area contributed by atoms with Crippen molar-refractivity contribution < 1.29 is 27.5 Å². The Balaban J connectivity index is 2.66. The van der Waals surface area contributed by atoms with Crippen molar-refractivity contribution in [3.8, 4) is 0 Å². The number of furan rings is 1. The minimum atomic E-state index is -4.31. The van der Waals surface area contributed by atoms with Crippen molar-refractivity contribution in [3.05, 3.63) is 23.7 Å². The Morgan fingerprint density at radius 3 is 2.69 bits per heavy atom. The van der Waals surface area contributed by atoms with Gasteiger partial charge in [0.05, 0.1) is 19.4 Å². The fourth-order valence-corrected chi connectivity index (χ4v) is 1.26. The van der Waals surface area contributed by atoms with Gasteiger partial charge < -0.3 is 9.52 Å². The van der Waals surface area contributed by atoms with Crippen molar-refractivity contribution in [3.63, 3.8) is 0 Å². The zero-order chi connectivity index (χ0) is 12.3. The van der Waals surface area contributed by atoms with Gasteiger partial charge in [-0.25, -0.2) is 4.79 Å². The summed E-state index contributed by atoms with van der Waals surface area (Å²) in [5.41, 5.74) is -0.117. The van der Waals surface area contributed by atoms with Crippen molar-refractivity contribution in [1.29, 1.82) is 0 Å². The molecule has 0 saturated heterocycles. The number of aromatic carboxylic acids is 1. The molecule has 1 N–H and O–H groups in total. The van der Waals surface area contributed by atoms with E-state index in [1.807, 2.05) is 0 Å². The summed E-state index contributed by atoms with van der Waals surface area (Å²) in [5.74, 6) is -1.21. The van der Waals surface area contributed by atoms with Crippen LogP contribution in [0.15, 0.2) is 16.7 Å². The number of rotatable bonds is 4. The third-order valence-electron chi connectivity index (χ3n) is 1.84. The lowest BCUT2D eigenvalue weighted by atomic mass is 10.2. The summed E-state index contributed by atoms with van der Waals surface area (Å²) in [6.45, 7) is -1.32. The first-order valence-corrected chi connectivity index (χ1v) is 4.34. The molecule has 1 heterocycles. The number of alkyl halides is 3. The van der Waals surface area contributed by atoms with E-state index in [9.17, 15) is 18.0 Å². The molecule has 0 aliphatic heterocycles. The first kappa shape index (κ1) is 12.6. The highest BCUT2D eigenvalue weighted by molar-refractivity contribution is 5.88. The number of carbonyl (C=O) groups is 1. The standard InChI is InChI=1S/C9H10F3NO3/c1-13(5-9(10,11)12)4-7-6(8(14)15)2-3-16-7/h2-3H,4-5H2,1H3,(H,14,15). The molecule has 7 heteroatoms. The second-order valence-electron chi connectivity index (χ2n) is 3.35. The van der Waals surface area contributed by atoms with E-state index in [2.05, 4.69) is 0 Å². The van der Waals surface area contributed by atoms with E-state index in [0.717, 1.165) is 11.2 Å². The Morgan fingerprint density at radius 2 is 2.19 bits per heavy atom. The Bertz CT molecular complexity index is 372. The number of nitrogens with zero attached hydrogens (tertiary/aromatic N) is 1. The van der Waals surface area contributed by atoms with Gasteiger partial charge in [0.2, 0.25) is 0 Å². The molecule has 0 spiro atoms. The van der Waals surface area contributed by atoms with Gasteiger partial charge >= 0.3 is 12.1 Å². The SMILES string of the molecule is CN(Cc1occc1C(=O)O)CC(F)(F)F. The molecule has 0 saturated carbocycles. The molecular formula is C9H10F3NO3. The third kappa shape index (κ3) is 3.58.